The number of benzene rings is 2. The van der Waals surface area contributed by atoms with E-state index in [2.05, 4.69) is 48.7 Å². The van der Waals surface area contributed by atoms with Crippen molar-refractivity contribution in [2.24, 2.45) is 10.1 Å². The van der Waals surface area contributed by atoms with E-state index in [1.54, 1.807) is 29.1 Å². The van der Waals surface area contributed by atoms with Crippen LogP contribution in [-0.2, 0) is 0 Å². The number of hydrogen-bond acceptors (Lipinski definition) is 5. The van der Waals surface area contributed by atoms with Crippen LogP contribution in [0.3, 0.4) is 0 Å². The Morgan fingerprint density at radius 2 is 2.00 bits per heavy atom. The summed E-state index contributed by atoms with van der Waals surface area (Å²) >= 11 is 1.52. The van der Waals surface area contributed by atoms with Crippen molar-refractivity contribution >= 4 is 17.6 Å². The zero-order chi connectivity index (χ0) is 20.8. The highest BCUT2D eigenvalue weighted by Crippen LogP contribution is 2.24. The van der Waals surface area contributed by atoms with Crippen molar-refractivity contribution in [3.8, 4) is 22.8 Å². The van der Waals surface area contributed by atoms with Crippen LogP contribution in [0.4, 0.5) is 0 Å². The first kappa shape index (κ1) is 20.6. The Labute approximate surface area is 175 Å². The molecule has 150 valence electrons. The van der Waals surface area contributed by atoms with Gasteiger partial charge >= 0.3 is 0 Å². The lowest BCUT2D eigenvalue weighted by atomic mass is 10.1. The van der Waals surface area contributed by atoms with Gasteiger partial charge in [0.25, 0.3) is 0 Å². The van der Waals surface area contributed by atoms with Crippen molar-refractivity contribution in [1.82, 2.24) is 4.68 Å². The molecule has 1 N–H and O–H groups in total. The lowest BCUT2D eigenvalue weighted by molar-refractivity contribution is 0.337. The van der Waals surface area contributed by atoms with Gasteiger partial charge < -0.3 is 9.84 Å². The first-order valence-corrected chi connectivity index (χ1v) is 10.3. The number of nitrogens with zero attached hydrogens (tertiary/aromatic N) is 3. The molecule has 0 aliphatic heterocycles. The van der Waals surface area contributed by atoms with Gasteiger partial charge in [0.05, 0.1) is 25.1 Å². The number of hydrogen-bond donors (Lipinski definition) is 1. The van der Waals surface area contributed by atoms with Crippen molar-refractivity contribution in [3.05, 3.63) is 75.9 Å². The summed E-state index contributed by atoms with van der Waals surface area (Å²) in [5, 5.41) is 17.0. The van der Waals surface area contributed by atoms with E-state index in [-0.39, 0.29) is 5.75 Å². The zero-order valence-corrected chi connectivity index (χ0v) is 17.7. The third-order valence-electron chi connectivity index (χ3n) is 4.47. The minimum Gasteiger partial charge on any atom is -0.507 e. The molecule has 0 aliphatic rings. The van der Waals surface area contributed by atoms with Crippen LogP contribution in [0.15, 0.2) is 64.5 Å². The third kappa shape index (κ3) is 4.84. The second-order valence-corrected chi connectivity index (χ2v) is 7.38. The molecule has 1 aromatic heterocycles. The van der Waals surface area contributed by atoms with Gasteiger partial charge in [-0.15, -0.1) is 17.9 Å². The molecule has 3 aromatic rings. The van der Waals surface area contributed by atoms with Crippen LogP contribution in [-0.4, -0.2) is 29.1 Å². The monoisotopic (exact) mass is 407 g/mol. The number of aromatic nitrogens is 1. The second kappa shape index (κ2) is 9.39. The molecule has 29 heavy (non-hydrogen) atoms. The molecule has 0 spiro atoms. The molecule has 0 bridgehead atoms. The highest BCUT2D eigenvalue weighted by Gasteiger charge is 2.09. The van der Waals surface area contributed by atoms with Crippen LogP contribution in [0.2, 0.25) is 0 Å². The van der Waals surface area contributed by atoms with Gasteiger partial charge in [-0.05, 0) is 50.1 Å². The molecule has 0 saturated carbocycles. The maximum Gasteiger partial charge on any atom is 0.206 e. The molecule has 3 rings (SSSR count). The smallest absolute Gasteiger partial charge is 0.206 e. The second-order valence-electron chi connectivity index (χ2n) is 6.54. The van der Waals surface area contributed by atoms with Crippen LogP contribution >= 0.6 is 11.3 Å². The number of phenolic OH excluding ortho intramolecular Hbond substituents is 1. The van der Waals surface area contributed by atoms with Gasteiger partial charge in [0.1, 0.15) is 11.5 Å². The summed E-state index contributed by atoms with van der Waals surface area (Å²) < 4.78 is 7.22. The summed E-state index contributed by atoms with van der Waals surface area (Å²) in [6.45, 7) is 10.9. The van der Waals surface area contributed by atoms with Crippen LogP contribution in [0.5, 0.6) is 11.5 Å². The lowest BCUT2D eigenvalue weighted by Gasteiger charge is -2.07. The Kier molecular flexibility index (Phi) is 6.67. The summed E-state index contributed by atoms with van der Waals surface area (Å²) in [6.07, 6.45) is 3.39. The topological polar surface area (TPSA) is 59.1 Å². The molecule has 0 amide bonds. The maximum atomic E-state index is 10.3. The fourth-order valence-corrected chi connectivity index (χ4v) is 3.62. The van der Waals surface area contributed by atoms with E-state index >= 15 is 0 Å². The molecule has 0 atom stereocenters. The first-order chi connectivity index (χ1) is 14.0. The van der Waals surface area contributed by atoms with Crippen LogP contribution in [0.25, 0.3) is 11.3 Å². The molecule has 1 heterocycles. The molecule has 0 aliphatic carbocycles. The Morgan fingerprint density at radius 1 is 1.17 bits per heavy atom. The number of aromatic hydroxyl groups is 1. The van der Waals surface area contributed by atoms with Crippen LogP contribution in [0, 0.1) is 13.8 Å². The molecular weight excluding hydrogens is 382 g/mol. The molecule has 0 saturated heterocycles. The largest absolute Gasteiger partial charge is 0.507 e. The summed E-state index contributed by atoms with van der Waals surface area (Å²) in [4.78, 5) is 5.31. The number of ether oxygens (including phenoxy) is 1. The number of thiazole rings is 1. The van der Waals surface area contributed by atoms with E-state index in [1.165, 1.54) is 22.5 Å². The van der Waals surface area contributed by atoms with Gasteiger partial charge in [0.2, 0.25) is 4.80 Å². The van der Waals surface area contributed by atoms with Gasteiger partial charge in [-0.1, -0.05) is 18.2 Å². The van der Waals surface area contributed by atoms with Crippen molar-refractivity contribution in [2.75, 3.05) is 13.2 Å². The zero-order valence-electron chi connectivity index (χ0n) is 16.9. The Balaban J connectivity index is 2.05. The van der Waals surface area contributed by atoms with Gasteiger partial charge in [-0.2, -0.15) is 5.10 Å². The van der Waals surface area contributed by atoms with Crippen molar-refractivity contribution in [3.63, 3.8) is 0 Å². The average Bonchev–Trinajstić information content (AvgIpc) is 3.11. The van der Waals surface area contributed by atoms with Crippen LogP contribution < -0.4 is 9.54 Å². The van der Waals surface area contributed by atoms with Gasteiger partial charge in [-0.3, -0.25) is 4.99 Å². The minimum absolute atomic E-state index is 0.118. The molecule has 6 heteroatoms. The van der Waals surface area contributed by atoms with E-state index < -0.39 is 0 Å². The first-order valence-electron chi connectivity index (χ1n) is 9.43. The molecule has 0 unspecified atom stereocenters. The van der Waals surface area contributed by atoms with Gasteiger partial charge in [0, 0.05) is 22.6 Å². The van der Waals surface area contributed by atoms with Crippen molar-refractivity contribution in [1.29, 1.82) is 0 Å². The number of phenols is 1. The SMILES string of the molecule is C=CCN=c1scc(-c2ccc(C)c(C)c2)n1N=Cc1ccc(OCC)cc1O. The van der Waals surface area contributed by atoms with E-state index in [9.17, 15) is 5.11 Å². The Morgan fingerprint density at radius 3 is 2.69 bits per heavy atom. The molecule has 0 fully saturated rings. The van der Waals surface area contributed by atoms with E-state index in [4.69, 9.17) is 4.74 Å². The standard InChI is InChI=1S/C23H25N3O2S/c1-5-11-24-23-26(21(15-29-23)18-8-7-16(3)17(4)12-18)25-14-19-9-10-20(28-6-2)13-22(19)27/h5,7-10,12-15,27H,1,6,11H2,2-4H3. The fourth-order valence-electron chi connectivity index (χ4n) is 2.77. The number of aryl methyl sites for hydroxylation is 2. The summed E-state index contributed by atoms with van der Waals surface area (Å²) in [7, 11) is 0. The fraction of sp³-hybridized carbons (Fsp3) is 0.217. The van der Waals surface area contributed by atoms with Gasteiger partial charge in [-0.25, -0.2) is 4.68 Å². The van der Waals surface area contributed by atoms with Gasteiger partial charge in [0.15, 0.2) is 0 Å². The summed E-state index contributed by atoms with van der Waals surface area (Å²) in [5.41, 5.74) is 5.08. The molecule has 0 radical (unpaired) electrons. The minimum atomic E-state index is 0.118. The average molecular weight is 408 g/mol. The van der Waals surface area contributed by atoms with E-state index in [0.717, 1.165) is 16.1 Å². The van der Waals surface area contributed by atoms with Crippen molar-refractivity contribution < 1.29 is 9.84 Å². The molecule has 2 aromatic carbocycles. The third-order valence-corrected chi connectivity index (χ3v) is 5.32. The van der Waals surface area contributed by atoms with Crippen LogP contribution in [0.1, 0.15) is 23.6 Å². The highest BCUT2D eigenvalue weighted by atomic mass is 32.1. The van der Waals surface area contributed by atoms with E-state index in [0.29, 0.717) is 24.5 Å². The summed E-state index contributed by atoms with van der Waals surface area (Å²) in [6, 6.07) is 11.5. The normalized spacial score (nSPS) is 11.9. The maximum absolute atomic E-state index is 10.3. The number of rotatable bonds is 7. The lowest BCUT2D eigenvalue weighted by Crippen LogP contribution is -2.12. The summed E-state index contributed by atoms with van der Waals surface area (Å²) in [5.74, 6) is 0.746. The molecular formula is C23H25N3O2S. The van der Waals surface area contributed by atoms with Crippen molar-refractivity contribution in [2.45, 2.75) is 20.8 Å². The predicted molar refractivity (Wildman–Crippen MR) is 120 cm³/mol. The highest BCUT2D eigenvalue weighted by molar-refractivity contribution is 7.07. The Hall–Kier alpha value is -3.12. The molecule has 5 nitrogen and oxygen atoms in total. The predicted octanol–water partition coefficient (Wildman–Crippen LogP) is 4.91. The Bertz CT molecular complexity index is 1110. The quantitative estimate of drug-likeness (QED) is 0.447. The van der Waals surface area contributed by atoms with E-state index in [1.807, 2.05) is 18.4 Å².